The summed E-state index contributed by atoms with van der Waals surface area (Å²) in [5.41, 5.74) is 3.60. The third kappa shape index (κ3) is 3.74. The second-order valence-corrected chi connectivity index (χ2v) is 9.25. The third-order valence-electron chi connectivity index (χ3n) is 4.42. The van der Waals surface area contributed by atoms with Crippen molar-refractivity contribution in [1.82, 2.24) is 15.3 Å². The average Bonchev–Trinajstić information content (AvgIpc) is 3.25. The summed E-state index contributed by atoms with van der Waals surface area (Å²) >= 11 is 4.09. The molecule has 2 fully saturated rings. The van der Waals surface area contributed by atoms with Crippen molar-refractivity contribution >= 4 is 23.5 Å². The Balaban J connectivity index is 1.74. The lowest BCUT2D eigenvalue weighted by Gasteiger charge is -2.30. The molecular weight excluding hydrogens is 298 g/mol. The largest absolute Gasteiger partial charge is 0.310 e. The van der Waals surface area contributed by atoms with Crippen LogP contribution in [0.15, 0.2) is 0 Å². The van der Waals surface area contributed by atoms with Gasteiger partial charge >= 0.3 is 0 Å². The summed E-state index contributed by atoms with van der Waals surface area (Å²) in [6.45, 7) is 9.83. The van der Waals surface area contributed by atoms with Gasteiger partial charge in [-0.05, 0) is 26.7 Å². The van der Waals surface area contributed by atoms with E-state index in [1.807, 2.05) is 11.8 Å². The van der Waals surface area contributed by atoms with Gasteiger partial charge < -0.3 is 5.32 Å². The molecule has 5 heteroatoms. The molecule has 1 aromatic rings. The molecule has 3 rings (SSSR count). The van der Waals surface area contributed by atoms with Crippen LogP contribution in [0.4, 0.5) is 0 Å². The molecule has 2 heterocycles. The Labute approximate surface area is 136 Å². The van der Waals surface area contributed by atoms with Crippen LogP contribution in [0.3, 0.4) is 0 Å². The van der Waals surface area contributed by atoms with Crippen molar-refractivity contribution in [3.63, 3.8) is 0 Å². The lowest BCUT2D eigenvalue weighted by atomic mass is 10.1. The fraction of sp³-hybridized carbons (Fsp3) is 0.750. The van der Waals surface area contributed by atoms with Crippen molar-refractivity contribution in [3.05, 3.63) is 22.8 Å². The van der Waals surface area contributed by atoms with Crippen molar-refractivity contribution in [2.24, 2.45) is 0 Å². The van der Waals surface area contributed by atoms with Crippen molar-refractivity contribution in [1.29, 1.82) is 0 Å². The lowest BCUT2D eigenvalue weighted by Crippen LogP contribution is -2.24. The Bertz CT molecular complexity index is 493. The molecule has 0 aromatic carbocycles. The van der Waals surface area contributed by atoms with Gasteiger partial charge in [0.25, 0.3) is 0 Å². The average molecular weight is 324 g/mol. The molecule has 3 nitrogen and oxygen atoms in total. The van der Waals surface area contributed by atoms with Gasteiger partial charge in [-0.15, -0.1) is 11.8 Å². The van der Waals surface area contributed by atoms with Crippen LogP contribution < -0.4 is 5.32 Å². The maximum Gasteiger partial charge on any atom is 0.142 e. The monoisotopic (exact) mass is 323 g/mol. The predicted octanol–water partition coefficient (Wildman–Crippen LogP) is 3.64. The highest BCUT2D eigenvalue weighted by Gasteiger charge is 2.29. The van der Waals surface area contributed by atoms with Gasteiger partial charge in [0.2, 0.25) is 0 Å². The molecule has 1 aliphatic carbocycles. The molecule has 1 saturated heterocycles. The SMILES string of the molecule is Cc1nc(C2CSC(C)C(C)S2)nc(C)c1CNC1CC1. The minimum absolute atomic E-state index is 0.448. The highest BCUT2D eigenvalue weighted by Crippen LogP contribution is 2.43. The third-order valence-corrected chi connectivity index (χ3v) is 7.81. The first-order valence-corrected chi connectivity index (χ1v) is 9.88. The van der Waals surface area contributed by atoms with E-state index < -0.39 is 0 Å². The van der Waals surface area contributed by atoms with E-state index in [4.69, 9.17) is 9.97 Å². The van der Waals surface area contributed by atoms with Crippen molar-refractivity contribution in [3.8, 4) is 0 Å². The van der Waals surface area contributed by atoms with Crippen LogP contribution in [-0.4, -0.2) is 32.3 Å². The molecule has 0 radical (unpaired) electrons. The Morgan fingerprint density at radius 2 is 1.76 bits per heavy atom. The van der Waals surface area contributed by atoms with Gasteiger partial charge in [-0.3, -0.25) is 0 Å². The zero-order valence-corrected chi connectivity index (χ0v) is 15.0. The molecule has 21 heavy (non-hydrogen) atoms. The second-order valence-electron chi connectivity index (χ2n) is 6.25. The highest BCUT2D eigenvalue weighted by atomic mass is 32.2. The van der Waals surface area contributed by atoms with E-state index in [-0.39, 0.29) is 0 Å². The van der Waals surface area contributed by atoms with Gasteiger partial charge in [0, 0.05) is 45.8 Å². The highest BCUT2D eigenvalue weighted by molar-refractivity contribution is 8.07. The number of rotatable bonds is 4. The standard InChI is InChI=1S/C16H25N3S2/c1-9-14(7-17-13-5-6-13)10(2)19-16(18-9)15-8-20-11(3)12(4)21-15/h11-13,15,17H,5-8H2,1-4H3. The molecule has 1 N–H and O–H groups in total. The number of aryl methyl sites for hydroxylation is 2. The molecular formula is C16H25N3S2. The van der Waals surface area contributed by atoms with Gasteiger partial charge in [0.05, 0.1) is 5.25 Å². The van der Waals surface area contributed by atoms with E-state index in [9.17, 15) is 0 Å². The summed E-state index contributed by atoms with van der Waals surface area (Å²) in [4.78, 5) is 9.66. The van der Waals surface area contributed by atoms with Crippen LogP contribution in [0, 0.1) is 13.8 Å². The van der Waals surface area contributed by atoms with Crippen molar-refractivity contribution in [2.75, 3.05) is 5.75 Å². The molecule has 1 aromatic heterocycles. The minimum atomic E-state index is 0.448. The van der Waals surface area contributed by atoms with Gasteiger partial charge in [0.15, 0.2) is 0 Å². The van der Waals surface area contributed by atoms with Gasteiger partial charge in [0.1, 0.15) is 5.82 Å². The van der Waals surface area contributed by atoms with Gasteiger partial charge in [-0.2, -0.15) is 11.8 Å². The molecule has 0 amide bonds. The lowest BCUT2D eigenvalue weighted by molar-refractivity contribution is 0.671. The molecule has 1 saturated carbocycles. The van der Waals surface area contributed by atoms with Gasteiger partial charge in [-0.25, -0.2) is 9.97 Å². The molecule has 3 unspecified atom stereocenters. The molecule has 2 aliphatic rings. The quantitative estimate of drug-likeness (QED) is 0.915. The molecule has 0 spiro atoms. The van der Waals surface area contributed by atoms with E-state index in [1.54, 1.807) is 0 Å². The normalized spacial score (nSPS) is 29.6. The number of hydrogen-bond donors (Lipinski definition) is 1. The number of nitrogens with zero attached hydrogens (tertiary/aromatic N) is 2. The Hall–Kier alpha value is -0.260. The van der Waals surface area contributed by atoms with E-state index in [1.165, 1.54) is 18.4 Å². The van der Waals surface area contributed by atoms with E-state index in [0.717, 1.165) is 40.8 Å². The Morgan fingerprint density at radius 3 is 2.33 bits per heavy atom. The first kappa shape index (κ1) is 15.6. The van der Waals surface area contributed by atoms with Crippen LogP contribution in [0.2, 0.25) is 0 Å². The zero-order chi connectivity index (χ0) is 15.0. The van der Waals surface area contributed by atoms with E-state index >= 15 is 0 Å². The van der Waals surface area contributed by atoms with E-state index in [2.05, 4.69) is 44.8 Å². The summed E-state index contributed by atoms with van der Waals surface area (Å²) in [6.07, 6.45) is 2.64. The molecule has 116 valence electrons. The smallest absolute Gasteiger partial charge is 0.142 e. The predicted molar refractivity (Wildman–Crippen MR) is 93.1 cm³/mol. The Kier molecular flexibility index (Phi) is 4.81. The second kappa shape index (κ2) is 6.47. The van der Waals surface area contributed by atoms with Crippen molar-refractivity contribution < 1.29 is 0 Å². The van der Waals surface area contributed by atoms with Crippen molar-refractivity contribution in [2.45, 2.75) is 68.9 Å². The summed E-state index contributed by atoms with van der Waals surface area (Å²) in [5.74, 6) is 2.17. The zero-order valence-electron chi connectivity index (χ0n) is 13.3. The van der Waals surface area contributed by atoms with E-state index in [0.29, 0.717) is 10.5 Å². The summed E-state index contributed by atoms with van der Waals surface area (Å²) in [5, 5.41) is 5.43. The maximum absolute atomic E-state index is 4.83. The van der Waals surface area contributed by atoms with Crippen LogP contribution in [0.1, 0.15) is 54.7 Å². The maximum atomic E-state index is 4.83. The first-order valence-electron chi connectivity index (χ1n) is 7.89. The summed E-state index contributed by atoms with van der Waals surface area (Å²) < 4.78 is 0. The fourth-order valence-electron chi connectivity index (χ4n) is 2.62. The minimum Gasteiger partial charge on any atom is -0.310 e. The Morgan fingerprint density at radius 1 is 1.10 bits per heavy atom. The number of aromatic nitrogens is 2. The number of hydrogen-bond acceptors (Lipinski definition) is 5. The molecule has 3 atom stereocenters. The van der Waals surface area contributed by atoms with Crippen LogP contribution in [0.5, 0.6) is 0 Å². The fourth-order valence-corrected chi connectivity index (χ4v) is 5.46. The summed E-state index contributed by atoms with van der Waals surface area (Å²) in [6, 6.07) is 0.733. The van der Waals surface area contributed by atoms with Crippen LogP contribution in [0.25, 0.3) is 0 Å². The first-order chi connectivity index (χ1) is 10.0. The molecule has 0 bridgehead atoms. The number of thioether (sulfide) groups is 2. The molecule has 1 aliphatic heterocycles. The van der Waals surface area contributed by atoms with Gasteiger partial charge in [-0.1, -0.05) is 13.8 Å². The topological polar surface area (TPSA) is 37.8 Å². The summed E-state index contributed by atoms with van der Waals surface area (Å²) in [7, 11) is 0. The van der Waals surface area contributed by atoms with Crippen LogP contribution in [-0.2, 0) is 6.54 Å². The van der Waals surface area contributed by atoms with Crippen LogP contribution >= 0.6 is 23.5 Å². The number of nitrogens with one attached hydrogen (secondary N) is 1.